The van der Waals surface area contributed by atoms with Crippen LogP contribution in [0.2, 0.25) is 0 Å². The quantitative estimate of drug-likeness (QED) is 0.667. The summed E-state index contributed by atoms with van der Waals surface area (Å²) in [6, 6.07) is 9.06. The second-order valence-electron chi connectivity index (χ2n) is 2.94. The average Bonchev–Trinajstić information content (AvgIpc) is 2.32. The zero-order valence-corrected chi connectivity index (χ0v) is 9.81. The fourth-order valence-electron chi connectivity index (χ4n) is 1.10. The number of halogens is 1. The number of ether oxygens (including phenoxy) is 1. The molecular formula is C10H9BrN4O. The lowest BCUT2D eigenvalue weighted by Gasteiger charge is -2.05. The summed E-state index contributed by atoms with van der Waals surface area (Å²) in [6.45, 7) is 0. The Morgan fingerprint density at radius 1 is 1.19 bits per heavy atom. The van der Waals surface area contributed by atoms with E-state index in [2.05, 4.69) is 31.3 Å². The molecule has 2 rings (SSSR count). The van der Waals surface area contributed by atoms with Crippen molar-refractivity contribution in [3.63, 3.8) is 0 Å². The van der Waals surface area contributed by atoms with Crippen molar-refractivity contribution in [2.24, 2.45) is 5.84 Å². The molecule has 2 aromatic rings. The highest BCUT2D eigenvalue weighted by atomic mass is 79.9. The first kappa shape index (κ1) is 10.8. The Labute approximate surface area is 101 Å². The lowest BCUT2D eigenvalue weighted by Crippen LogP contribution is -2.08. The highest BCUT2D eigenvalue weighted by Crippen LogP contribution is 2.22. The SMILES string of the molecule is NNc1cc(Oc2ccc(Br)cc2)ncn1. The molecule has 82 valence electrons. The lowest BCUT2D eigenvalue weighted by atomic mass is 10.3. The molecule has 0 fully saturated rings. The fourth-order valence-corrected chi connectivity index (χ4v) is 1.36. The Morgan fingerprint density at radius 3 is 2.62 bits per heavy atom. The van der Waals surface area contributed by atoms with E-state index in [-0.39, 0.29) is 0 Å². The molecule has 0 spiro atoms. The minimum Gasteiger partial charge on any atom is -0.439 e. The van der Waals surface area contributed by atoms with Gasteiger partial charge in [-0.1, -0.05) is 15.9 Å². The van der Waals surface area contributed by atoms with Crippen LogP contribution >= 0.6 is 15.9 Å². The first-order valence-corrected chi connectivity index (χ1v) is 5.29. The Balaban J connectivity index is 2.16. The van der Waals surface area contributed by atoms with Gasteiger partial charge in [0.15, 0.2) is 0 Å². The first-order chi connectivity index (χ1) is 7.78. The Kier molecular flexibility index (Phi) is 3.33. The number of hydrogen-bond donors (Lipinski definition) is 2. The minimum atomic E-state index is 0.435. The molecule has 1 heterocycles. The van der Waals surface area contributed by atoms with E-state index < -0.39 is 0 Å². The van der Waals surface area contributed by atoms with Crippen molar-refractivity contribution in [3.05, 3.63) is 41.1 Å². The lowest BCUT2D eigenvalue weighted by molar-refractivity contribution is 0.462. The first-order valence-electron chi connectivity index (χ1n) is 4.50. The van der Waals surface area contributed by atoms with Gasteiger partial charge in [-0.15, -0.1) is 0 Å². The number of aromatic nitrogens is 2. The van der Waals surface area contributed by atoms with Gasteiger partial charge < -0.3 is 10.2 Å². The van der Waals surface area contributed by atoms with E-state index in [1.165, 1.54) is 6.33 Å². The largest absolute Gasteiger partial charge is 0.439 e. The van der Waals surface area contributed by atoms with Gasteiger partial charge in [0.05, 0.1) is 0 Å². The maximum absolute atomic E-state index is 5.51. The molecule has 0 unspecified atom stereocenters. The third-order valence-electron chi connectivity index (χ3n) is 1.83. The van der Waals surface area contributed by atoms with Crippen LogP contribution in [0, 0.1) is 0 Å². The van der Waals surface area contributed by atoms with Gasteiger partial charge in [-0.3, -0.25) is 0 Å². The smallest absolute Gasteiger partial charge is 0.224 e. The molecule has 16 heavy (non-hydrogen) atoms. The van der Waals surface area contributed by atoms with Crippen LogP contribution in [0.5, 0.6) is 11.6 Å². The Bertz CT molecular complexity index is 475. The van der Waals surface area contributed by atoms with Gasteiger partial charge in [0, 0.05) is 10.5 Å². The summed E-state index contributed by atoms with van der Waals surface area (Å²) in [5.74, 6) is 6.87. The van der Waals surface area contributed by atoms with Crippen LogP contribution in [0.25, 0.3) is 0 Å². The highest BCUT2D eigenvalue weighted by molar-refractivity contribution is 9.10. The second-order valence-corrected chi connectivity index (χ2v) is 3.86. The van der Waals surface area contributed by atoms with E-state index in [1.807, 2.05) is 24.3 Å². The van der Waals surface area contributed by atoms with E-state index in [9.17, 15) is 0 Å². The van der Waals surface area contributed by atoms with Crippen LogP contribution in [0.3, 0.4) is 0 Å². The number of rotatable bonds is 3. The maximum Gasteiger partial charge on any atom is 0.224 e. The number of nitrogen functional groups attached to an aromatic ring is 1. The van der Waals surface area contributed by atoms with Gasteiger partial charge in [-0.05, 0) is 24.3 Å². The van der Waals surface area contributed by atoms with Crippen molar-refractivity contribution >= 4 is 21.7 Å². The molecule has 1 aromatic heterocycles. The average molecular weight is 281 g/mol. The summed E-state index contributed by atoms with van der Waals surface area (Å²) in [4.78, 5) is 7.84. The third-order valence-corrected chi connectivity index (χ3v) is 2.35. The van der Waals surface area contributed by atoms with Crippen LogP contribution in [-0.4, -0.2) is 9.97 Å². The molecule has 0 atom stereocenters. The summed E-state index contributed by atoms with van der Waals surface area (Å²) in [6.07, 6.45) is 1.38. The van der Waals surface area contributed by atoms with Crippen LogP contribution in [0.4, 0.5) is 5.82 Å². The molecule has 5 nitrogen and oxygen atoms in total. The summed E-state index contributed by atoms with van der Waals surface area (Å²) in [5.41, 5.74) is 2.42. The number of anilines is 1. The van der Waals surface area contributed by atoms with Crippen LogP contribution in [0.15, 0.2) is 41.1 Å². The normalized spacial score (nSPS) is 9.88. The van der Waals surface area contributed by atoms with Crippen LogP contribution < -0.4 is 16.0 Å². The summed E-state index contributed by atoms with van der Waals surface area (Å²) < 4.78 is 6.50. The summed E-state index contributed by atoms with van der Waals surface area (Å²) in [5, 5.41) is 0. The zero-order chi connectivity index (χ0) is 11.4. The second kappa shape index (κ2) is 4.91. The monoisotopic (exact) mass is 280 g/mol. The molecule has 1 aromatic carbocycles. The number of nitrogens with one attached hydrogen (secondary N) is 1. The van der Waals surface area contributed by atoms with Gasteiger partial charge in [0.2, 0.25) is 5.88 Å². The van der Waals surface area contributed by atoms with E-state index >= 15 is 0 Å². The molecule has 0 aliphatic rings. The maximum atomic E-state index is 5.51. The molecule has 6 heteroatoms. The Morgan fingerprint density at radius 2 is 1.94 bits per heavy atom. The molecular weight excluding hydrogens is 272 g/mol. The van der Waals surface area contributed by atoms with Crippen molar-refractivity contribution in [2.75, 3.05) is 5.43 Å². The van der Waals surface area contributed by atoms with Crippen molar-refractivity contribution < 1.29 is 4.74 Å². The topological polar surface area (TPSA) is 73.1 Å². The predicted molar refractivity (Wildman–Crippen MR) is 64.1 cm³/mol. The standard InChI is InChI=1S/C10H9BrN4O/c11-7-1-3-8(4-2-7)16-10-5-9(15-12)13-6-14-10/h1-6H,12H2,(H,13,14,15). The number of benzene rings is 1. The molecule has 0 radical (unpaired) electrons. The number of nitrogens with two attached hydrogens (primary N) is 1. The van der Waals surface area contributed by atoms with Crippen molar-refractivity contribution in [3.8, 4) is 11.6 Å². The van der Waals surface area contributed by atoms with Gasteiger partial charge >= 0.3 is 0 Å². The van der Waals surface area contributed by atoms with E-state index in [0.717, 1.165) is 4.47 Å². The fraction of sp³-hybridized carbons (Fsp3) is 0. The molecule has 0 saturated heterocycles. The molecule has 0 amide bonds. The van der Waals surface area contributed by atoms with Crippen molar-refractivity contribution in [1.82, 2.24) is 9.97 Å². The van der Waals surface area contributed by atoms with Gasteiger partial charge in [-0.25, -0.2) is 15.8 Å². The van der Waals surface area contributed by atoms with Crippen LogP contribution in [-0.2, 0) is 0 Å². The van der Waals surface area contributed by atoms with Gasteiger partial charge in [0.1, 0.15) is 17.9 Å². The predicted octanol–water partition coefficient (Wildman–Crippen LogP) is 2.32. The summed E-state index contributed by atoms with van der Waals surface area (Å²) in [7, 11) is 0. The van der Waals surface area contributed by atoms with E-state index in [0.29, 0.717) is 17.4 Å². The minimum absolute atomic E-state index is 0.435. The number of hydrazine groups is 1. The highest BCUT2D eigenvalue weighted by Gasteiger charge is 2.00. The Hall–Kier alpha value is -1.66. The number of hydrogen-bond acceptors (Lipinski definition) is 5. The third kappa shape index (κ3) is 2.68. The van der Waals surface area contributed by atoms with Gasteiger partial charge in [0.25, 0.3) is 0 Å². The molecule has 0 saturated carbocycles. The number of nitrogens with zero attached hydrogens (tertiary/aromatic N) is 2. The van der Waals surface area contributed by atoms with Crippen molar-refractivity contribution in [1.29, 1.82) is 0 Å². The molecule has 0 aliphatic heterocycles. The molecule has 3 N–H and O–H groups in total. The molecule has 0 aliphatic carbocycles. The van der Waals surface area contributed by atoms with Crippen LogP contribution in [0.1, 0.15) is 0 Å². The van der Waals surface area contributed by atoms with E-state index in [1.54, 1.807) is 6.07 Å². The zero-order valence-electron chi connectivity index (χ0n) is 8.22. The van der Waals surface area contributed by atoms with Gasteiger partial charge in [-0.2, -0.15) is 0 Å². The van der Waals surface area contributed by atoms with Crippen molar-refractivity contribution in [2.45, 2.75) is 0 Å². The van der Waals surface area contributed by atoms with E-state index in [4.69, 9.17) is 10.6 Å². The summed E-state index contributed by atoms with van der Waals surface area (Å²) >= 11 is 3.35. The molecule has 0 bridgehead atoms.